The van der Waals surface area contributed by atoms with Crippen molar-refractivity contribution >= 4 is 11.6 Å². The highest BCUT2D eigenvalue weighted by Gasteiger charge is 2.32. The Bertz CT molecular complexity index is 472. The van der Waals surface area contributed by atoms with E-state index in [4.69, 9.17) is 11.6 Å². The van der Waals surface area contributed by atoms with E-state index in [0.29, 0.717) is 11.6 Å². The van der Waals surface area contributed by atoms with E-state index in [1.54, 1.807) is 6.07 Å². The summed E-state index contributed by atoms with van der Waals surface area (Å²) in [5.74, 6) is 0.432. The second kappa shape index (κ2) is 7.08. The summed E-state index contributed by atoms with van der Waals surface area (Å²) >= 11 is 6.08. The van der Waals surface area contributed by atoms with Gasteiger partial charge in [-0.25, -0.2) is 4.39 Å². The molecule has 1 aromatic rings. The highest BCUT2D eigenvalue weighted by atomic mass is 35.5. The second-order valence-electron chi connectivity index (χ2n) is 6.34. The van der Waals surface area contributed by atoms with Crippen molar-refractivity contribution < 1.29 is 9.50 Å². The van der Waals surface area contributed by atoms with E-state index in [1.165, 1.54) is 18.6 Å². The minimum Gasteiger partial charge on any atom is -0.389 e. The van der Waals surface area contributed by atoms with Crippen molar-refractivity contribution in [2.75, 3.05) is 6.54 Å². The van der Waals surface area contributed by atoms with Gasteiger partial charge in [-0.15, -0.1) is 0 Å². The average molecular weight is 314 g/mol. The molecule has 0 radical (unpaired) electrons. The van der Waals surface area contributed by atoms with Crippen LogP contribution in [-0.2, 0) is 0 Å². The van der Waals surface area contributed by atoms with Gasteiger partial charge in [0.1, 0.15) is 5.82 Å². The minimum absolute atomic E-state index is 0.00831. The first kappa shape index (κ1) is 16.7. The molecule has 0 heterocycles. The van der Waals surface area contributed by atoms with Crippen molar-refractivity contribution in [3.8, 4) is 0 Å². The fourth-order valence-corrected chi connectivity index (χ4v) is 3.44. The SMILES string of the molecule is CCC1CCC(O)(CNC(C)c2ccc(F)cc2Cl)CC1. The smallest absolute Gasteiger partial charge is 0.124 e. The van der Waals surface area contributed by atoms with Gasteiger partial charge in [-0.3, -0.25) is 0 Å². The second-order valence-corrected chi connectivity index (χ2v) is 6.75. The predicted octanol–water partition coefficient (Wildman–Crippen LogP) is 4.46. The molecule has 4 heteroatoms. The lowest BCUT2D eigenvalue weighted by Gasteiger charge is -2.36. The fourth-order valence-electron chi connectivity index (χ4n) is 3.11. The molecule has 1 saturated carbocycles. The molecule has 2 nitrogen and oxygen atoms in total. The summed E-state index contributed by atoms with van der Waals surface area (Å²) in [6.45, 7) is 4.75. The number of benzene rings is 1. The zero-order valence-electron chi connectivity index (χ0n) is 12.8. The zero-order chi connectivity index (χ0) is 15.5. The third-order valence-corrected chi connectivity index (χ3v) is 5.11. The van der Waals surface area contributed by atoms with E-state index in [2.05, 4.69) is 12.2 Å². The Hall–Kier alpha value is -0.640. The van der Waals surface area contributed by atoms with Gasteiger partial charge < -0.3 is 10.4 Å². The molecular weight excluding hydrogens is 289 g/mol. The van der Waals surface area contributed by atoms with E-state index in [1.807, 2.05) is 6.92 Å². The van der Waals surface area contributed by atoms with Crippen molar-refractivity contribution in [3.63, 3.8) is 0 Å². The summed E-state index contributed by atoms with van der Waals surface area (Å²) < 4.78 is 13.1. The van der Waals surface area contributed by atoms with Crippen LogP contribution in [0, 0.1) is 11.7 Å². The molecule has 0 saturated heterocycles. The lowest BCUT2D eigenvalue weighted by molar-refractivity contribution is -0.0103. The van der Waals surface area contributed by atoms with Crippen molar-refractivity contribution in [1.82, 2.24) is 5.32 Å². The molecule has 0 spiro atoms. The number of halogens is 2. The lowest BCUT2D eigenvalue weighted by atomic mass is 9.77. The molecule has 0 amide bonds. The van der Waals surface area contributed by atoms with E-state index >= 15 is 0 Å². The number of hydrogen-bond donors (Lipinski definition) is 2. The molecule has 0 aromatic heterocycles. The first-order chi connectivity index (χ1) is 9.93. The zero-order valence-corrected chi connectivity index (χ0v) is 13.6. The van der Waals surface area contributed by atoms with Gasteiger partial charge in [0, 0.05) is 17.6 Å². The molecule has 0 bridgehead atoms. The number of aliphatic hydroxyl groups is 1. The van der Waals surface area contributed by atoms with Crippen molar-refractivity contribution in [2.45, 2.75) is 57.6 Å². The van der Waals surface area contributed by atoms with Crippen LogP contribution >= 0.6 is 11.6 Å². The predicted molar refractivity (Wildman–Crippen MR) is 85.0 cm³/mol. The molecule has 0 aliphatic heterocycles. The quantitative estimate of drug-likeness (QED) is 0.841. The van der Waals surface area contributed by atoms with Gasteiger partial charge in [-0.2, -0.15) is 0 Å². The lowest BCUT2D eigenvalue weighted by Crippen LogP contribution is -2.44. The van der Waals surface area contributed by atoms with E-state index in [0.717, 1.165) is 37.2 Å². The topological polar surface area (TPSA) is 32.3 Å². The maximum absolute atomic E-state index is 13.1. The number of hydrogen-bond acceptors (Lipinski definition) is 2. The van der Waals surface area contributed by atoms with Crippen LogP contribution in [0.5, 0.6) is 0 Å². The van der Waals surface area contributed by atoms with Crippen molar-refractivity contribution in [1.29, 1.82) is 0 Å². The van der Waals surface area contributed by atoms with Crippen LogP contribution in [-0.4, -0.2) is 17.3 Å². The summed E-state index contributed by atoms with van der Waals surface area (Å²) in [4.78, 5) is 0. The molecule has 2 N–H and O–H groups in total. The van der Waals surface area contributed by atoms with Crippen molar-refractivity contribution in [3.05, 3.63) is 34.6 Å². The molecule has 2 rings (SSSR count). The highest BCUT2D eigenvalue weighted by molar-refractivity contribution is 6.31. The Labute approximate surface area is 131 Å². The highest BCUT2D eigenvalue weighted by Crippen LogP contribution is 2.34. The summed E-state index contributed by atoms with van der Waals surface area (Å²) in [5.41, 5.74) is 0.246. The molecule has 1 aromatic carbocycles. The molecule has 1 fully saturated rings. The van der Waals surface area contributed by atoms with Crippen LogP contribution in [0.25, 0.3) is 0 Å². The third-order valence-electron chi connectivity index (χ3n) is 4.78. The Kier molecular flexibility index (Phi) is 5.64. The monoisotopic (exact) mass is 313 g/mol. The van der Waals surface area contributed by atoms with Crippen LogP contribution in [0.1, 0.15) is 57.6 Å². The van der Waals surface area contributed by atoms with Crippen LogP contribution in [0.15, 0.2) is 18.2 Å². The summed E-state index contributed by atoms with van der Waals surface area (Å²) in [6, 6.07) is 4.44. The first-order valence-electron chi connectivity index (χ1n) is 7.84. The van der Waals surface area contributed by atoms with Crippen LogP contribution in [0.2, 0.25) is 5.02 Å². The number of rotatable bonds is 5. The average Bonchev–Trinajstić information content (AvgIpc) is 2.46. The van der Waals surface area contributed by atoms with E-state index in [9.17, 15) is 9.50 Å². The normalized spacial score (nSPS) is 27.6. The number of nitrogens with one attached hydrogen (secondary N) is 1. The van der Waals surface area contributed by atoms with Gasteiger partial charge in [-0.05, 0) is 56.2 Å². The summed E-state index contributed by atoms with van der Waals surface area (Å²) in [5, 5.41) is 14.4. The van der Waals surface area contributed by atoms with E-state index in [-0.39, 0.29) is 11.9 Å². The van der Waals surface area contributed by atoms with Crippen LogP contribution in [0.3, 0.4) is 0 Å². The van der Waals surface area contributed by atoms with Gasteiger partial charge in [0.2, 0.25) is 0 Å². The maximum atomic E-state index is 13.1. The molecule has 1 unspecified atom stereocenters. The largest absolute Gasteiger partial charge is 0.389 e. The van der Waals surface area contributed by atoms with Crippen molar-refractivity contribution in [2.24, 2.45) is 5.92 Å². The summed E-state index contributed by atoms with van der Waals surface area (Å²) in [7, 11) is 0. The standard InChI is InChI=1S/C17H25ClFNO/c1-3-13-6-8-17(21,9-7-13)11-20-12(2)15-5-4-14(19)10-16(15)18/h4-5,10,12-13,20-21H,3,6-9,11H2,1-2H3. The Morgan fingerprint density at radius 2 is 2.10 bits per heavy atom. The Morgan fingerprint density at radius 1 is 1.43 bits per heavy atom. The molecular formula is C17H25ClFNO. The first-order valence-corrected chi connectivity index (χ1v) is 8.22. The van der Waals surface area contributed by atoms with E-state index < -0.39 is 5.60 Å². The minimum atomic E-state index is -0.619. The maximum Gasteiger partial charge on any atom is 0.124 e. The molecule has 1 aliphatic rings. The van der Waals surface area contributed by atoms with Gasteiger partial charge >= 0.3 is 0 Å². The Morgan fingerprint density at radius 3 is 2.67 bits per heavy atom. The van der Waals surface area contributed by atoms with Crippen LogP contribution < -0.4 is 5.32 Å². The Balaban J connectivity index is 1.90. The van der Waals surface area contributed by atoms with Gasteiger partial charge in [0.15, 0.2) is 0 Å². The van der Waals surface area contributed by atoms with Gasteiger partial charge in [-0.1, -0.05) is 31.0 Å². The van der Waals surface area contributed by atoms with Gasteiger partial charge in [0.25, 0.3) is 0 Å². The molecule has 1 aliphatic carbocycles. The molecule has 1 atom stereocenters. The third kappa shape index (κ3) is 4.41. The van der Waals surface area contributed by atoms with Gasteiger partial charge in [0.05, 0.1) is 5.60 Å². The molecule has 21 heavy (non-hydrogen) atoms. The molecule has 118 valence electrons. The fraction of sp³-hybridized carbons (Fsp3) is 0.647. The summed E-state index contributed by atoms with van der Waals surface area (Å²) in [6.07, 6.45) is 5.09. The van der Waals surface area contributed by atoms with Crippen LogP contribution in [0.4, 0.5) is 4.39 Å².